The molecule has 2 unspecified atom stereocenters. The van der Waals surface area contributed by atoms with E-state index in [-0.39, 0.29) is 17.1 Å². The summed E-state index contributed by atoms with van der Waals surface area (Å²) >= 11 is 0. The summed E-state index contributed by atoms with van der Waals surface area (Å²) in [4.78, 5) is 20.2. The average Bonchev–Trinajstić information content (AvgIpc) is 2.93. The Morgan fingerprint density at radius 3 is 1.06 bits per heavy atom. The molecule has 2 aromatic carbocycles. The van der Waals surface area contributed by atoms with Crippen LogP contribution in [-0.4, -0.2) is 0 Å². The van der Waals surface area contributed by atoms with Crippen molar-refractivity contribution in [1.29, 1.82) is 0 Å². The second-order valence-electron chi connectivity index (χ2n) is 2.80. The Bertz CT molecular complexity index is 406. The van der Waals surface area contributed by atoms with Crippen molar-refractivity contribution in [2.45, 2.75) is 0 Å². The van der Waals surface area contributed by atoms with E-state index in [4.69, 9.17) is 0 Å². The van der Waals surface area contributed by atoms with Crippen molar-refractivity contribution in [1.82, 2.24) is 0 Å². The zero-order valence-corrected chi connectivity index (χ0v) is 11.4. The molecule has 7 heteroatoms. The maximum atomic E-state index is 10.1. The Labute approximate surface area is 111 Å². The van der Waals surface area contributed by atoms with E-state index in [1.807, 2.05) is 0 Å². The molecule has 0 N–H and O–H groups in total. The minimum atomic E-state index is -2.36. The molecule has 0 bridgehead atoms. The summed E-state index contributed by atoms with van der Waals surface area (Å²) in [5.74, 6) is 0. The van der Waals surface area contributed by atoms with Gasteiger partial charge in [-0.3, -0.25) is 0 Å². The van der Waals surface area contributed by atoms with Gasteiger partial charge >= 0.3 is 17.1 Å². The fourth-order valence-electron chi connectivity index (χ4n) is 0.971. The van der Waals surface area contributed by atoms with Gasteiger partial charge in [-0.1, -0.05) is 9.13 Å². The molecule has 0 aliphatic carbocycles. The van der Waals surface area contributed by atoms with Crippen molar-refractivity contribution >= 4 is 26.7 Å². The average molecular weight is 310 g/mol. The third kappa shape index (κ3) is 5.99. The van der Waals surface area contributed by atoms with Crippen LogP contribution in [0, 0.1) is 0 Å². The molecule has 0 fully saturated rings. The first-order valence-corrected chi connectivity index (χ1v) is 6.69. The molecule has 17 heavy (non-hydrogen) atoms. The van der Waals surface area contributed by atoms with Gasteiger partial charge in [-0.05, 0) is 0 Å². The van der Waals surface area contributed by atoms with Crippen LogP contribution < -0.4 is 20.4 Å². The van der Waals surface area contributed by atoms with E-state index < -0.39 is 16.1 Å². The summed E-state index contributed by atoms with van der Waals surface area (Å²) in [6.45, 7) is 0. The van der Waals surface area contributed by atoms with Crippen LogP contribution in [-0.2, 0) is 26.2 Å². The van der Waals surface area contributed by atoms with Gasteiger partial charge in [-0.15, -0.1) is 24.3 Å². The topological polar surface area (TPSA) is 80.3 Å². The van der Waals surface area contributed by atoms with Crippen LogP contribution in [0.15, 0.2) is 48.5 Å². The molecule has 0 heterocycles. The normalized spacial score (nSPS) is 10.7. The van der Waals surface area contributed by atoms with Gasteiger partial charge in [0, 0.05) is 0 Å². The van der Waals surface area contributed by atoms with E-state index in [2.05, 4.69) is 0 Å². The van der Waals surface area contributed by atoms with Gasteiger partial charge < -0.3 is 9.79 Å². The van der Waals surface area contributed by atoms with Crippen molar-refractivity contribution < 1.29 is 36.0 Å². The molecule has 2 atom stereocenters. The largest absolute Gasteiger partial charge is 4.00 e. The molecule has 0 saturated carbocycles. The smallest absolute Gasteiger partial charge is 0.601 e. The monoisotopic (exact) mass is 310 g/mol. The van der Waals surface area contributed by atoms with Crippen LogP contribution in [0.3, 0.4) is 0 Å². The Balaban J connectivity index is 0.000000284. The third-order valence-electron chi connectivity index (χ3n) is 1.71. The predicted molar refractivity (Wildman–Crippen MR) is 58.6 cm³/mol. The van der Waals surface area contributed by atoms with Gasteiger partial charge in [0.25, 0.3) is 16.1 Å². The van der Waals surface area contributed by atoms with E-state index in [9.17, 15) is 18.9 Å². The van der Waals surface area contributed by atoms with E-state index >= 15 is 0 Å². The number of hydrogen-bond donors (Lipinski definition) is 0. The Morgan fingerprint density at radius 1 is 0.706 bits per heavy atom. The molecule has 0 spiro atoms. The summed E-state index contributed by atoms with van der Waals surface area (Å²) in [5.41, 5.74) is 0. The van der Waals surface area contributed by atoms with Crippen LogP contribution in [0.25, 0.3) is 0 Å². The van der Waals surface area contributed by atoms with E-state index in [1.54, 1.807) is 48.5 Å². The zero-order valence-electron chi connectivity index (χ0n) is 8.50. The van der Waals surface area contributed by atoms with Gasteiger partial charge in [0.15, 0.2) is 0 Å². The van der Waals surface area contributed by atoms with E-state index in [0.717, 1.165) is 0 Å². The Kier molecular flexibility index (Phi) is 8.11. The molecule has 0 amide bonds. The van der Waals surface area contributed by atoms with Crippen molar-refractivity contribution in [3.05, 3.63) is 48.5 Å². The third-order valence-corrected chi connectivity index (χ3v) is 3.15. The molecule has 2 aromatic rings. The first-order chi connectivity index (χ1) is 7.61. The van der Waals surface area contributed by atoms with Gasteiger partial charge in [-0.25, -0.2) is 24.3 Å². The van der Waals surface area contributed by atoms with Crippen molar-refractivity contribution in [3.63, 3.8) is 0 Å². The van der Waals surface area contributed by atoms with Crippen molar-refractivity contribution in [2.24, 2.45) is 0 Å². The molecule has 88 valence electrons. The maximum absolute atomic E-state index is 10.1. The summed E-state index contributed by atoms with van der Waals surface area (Å²) in [5, 5.41) is 0.778. The quantitative estimate of drug-likeness (QED) is 0.453. The second kappa shape index (κ2) is 8.43. The number of rotatable bonds is 2. The van der Waals surface area contributed by atoms with E-state index in [0.29, 0.717) is 10.6 Å². The molecule has 2 rings (SSSR count). The predicted octanol–water partition coefficient (Wildman–Crippen LogP) is 0.264. The molecule has 0 saturated heterocycles. The Hall–Kier alpha value is -0.661. The minimum absolute atomic E-state index is 0. The zero-order chi connectivity index (χ0) is 12.0. The van der Waals surface area contributed by atoms with Crippen LogP contribution in [0.5, 0.6) is 0 Å². The molecule has 4 nitrogen and oxygen atoms in total. The standard InChI is InChI=1S/2C5H4O2P.Fe/c2*6-8(7)5-3-1-2-4-5;/h2*1-4H;/q2*-1;+4. The fourth-order valence-corrected chi connectivity index (χ4v) is 1.80. The van der Waals surface area contributed by atoms with Crippen molar-refractivity contribution in [3.8, 4) is 0 Å². The van der Waals surface area contributed by atoms with E-state index in [1.165, 1.54) is 0 Å². The second-order valence-corrected chi connectivity index (χ2v) is 4.86. The molecular weight excluding hydrogens is 302 g/mol. The molecular formula is C10H8FeO4P2+2. The number of hydrogen-bond acceptors (Lipinski definition) is 4. The van der Waals surface area contributed by atoms with Crippen LogP contribution in [0.2, 0.25) is 0 Å². The molecule has 0 aliphatic heterocycles. The maximum Gasteiger partial charge on any atom is 4.00 e. The summed E-state index contributed by atoms with van der Waals surface area (Å²) in [7, 11) is -4.72. The van der Waals surface area contributed by atoms with Gasteiger partial charge in [0.2, 0.25) is 0 Å². The Morgan fingerprint density at radius 2 is 0.941 bits per heavy atom. The summed E-state index contributed by atoms with van der Waals surface area (Å²) in [6, 6.07) is 13.0. The van der Waals surface area contributed by atoms with Crippen LogP contribution in [0.1, 0.15) is 0 Å². The summed E-state index contributed by atoms with van der Waals surface area (Å²) in [6.07, 6.45) is 0. The van der Waals surface area contributed by atoms with Crippen LogP contribution >= 0.6 is 16.1 Å². The summed E-state index contributed by atoms with van der Waals surface area (Å²) < 4.78 is 20.2. The van der Waals surface area contributed by atoms with Crippen LogP contribution in [0.4, 0.5) is 0 Å². The van der Waals surface area contributed by atoms with Gasteiger partial charge in [0.1, 0.15) is 0 Å². The molecule has 0 radical (unpaired) electrons. The first kappa shape index (κ1) is 16.3. The SMILES string of the molecule is O=[P+]([O-])[c-]1cccc1.O=[P+]([O-])[c-]1cccc1.[Fe+4]. The van der Waals surface area contributed by atoms with Crippen molar-refractivity contribution in [2.75, 3.05) is 0 Å². The molecule has 0 aromatic heterocycles. The molecule has 0 aliphatic rings. The van der Waals surface area contributed by atoms with Gasteiger partial charge in [0.05, 0.1) is 10.6 Å². The van der Waals surface area contributed by atoms with Gasteiger partial charge in [-0.2, -0.15) is 0 Å². The minimum Gasteiger partial charge on any atom is -0.601 e. The fraction of sp³-hybridized carbons (Fsp3) is 0. The first-order valence-electron chi connectivity index (χ1n) is 4.33.